The molecule has 5 N–H and O–H groups in total. The van der Waals surface area contributed by atoms with Gasteiger partial charge in [-0.05, 0) is 24.1 Å². The van der Waals surface area contributed by atoms with Gasteiger partial charge in [0.1, 0.15) is 0 Å². The van der Waals surface area contributed by atoms with Crippen molar-refractivity contribution in [2.24, 2.45) is 0 Å². The van der Waals surface area contributed by atoms with E-state index in [-0.39, 0.29) is 65.4 Å². The number of carbonyl (C=O) groups is 4. The smallest absolute Gasteiger partial charge is 0.407 e. The molecule has 1 fully saturated rings. The molecule has 13 heteroatoms. The molecule has 0 bridgehead atoms. The molecular formula is C23H35N5O8. The fourth-order valence-electron chi connectivity index (χ4n) is 4.25. The fourth-order valence-corrected chi connectivity index (χ4v) is 4.25. The average molecular weight is 510 g/mol. The summed E-state index contributed by atoms with van der Waals surface area (Å²) in [6.07, 6.45) is -0.855. The molecule has 1 aliphatic rings. The third-order valence-corrected chi connectivity index (χ3v) is 6.07. The molecule has 0 aromatic heterocycles. The Morgan fingerprint density at radius 3 is 1.64 bits per heavy atom. The van der Waals surface area contributed by atoms with Crippen LogP contribution < -0.4 is 5.32 Å². The second kappa shape index (κ2) is 14.2. The maximum atomic E-state index is 12.3. The minimum Gasteiger partial charge on any atom is -0.480 e. The maximum absolute atomic E-state index is 12.3. The normalized spacial score (nSPS) is 19.1. The van der Waals surface area contributed by atoms with Gasteiger partial charge >= 0.3 is 24.0 Å². The van der Waals surface area contributed by atoms with Crippen molar-refractivity contribution in [2.75, 3.05) is 77.8 Å². The van der Waals surface area contributed by atoms with Gasteiger partial charge in [-0.25, -0.2) is 4.79 Å². The highest BCUT2D eigenvalue weighted by molar-refractivity contribution is 5.70. The number of carboxylic acid groups (broad SMARTS) is 4. The van der Waals surface area contributed by atoms with E-state index in [9.17, 15) is 39.6 Å². The van der Waals surface area contributed by atoms with Gasteiger partial charge in [0.15, 0.2) is 0 Å². The van der Waals surface area contributed by atoms with E-state index < -0.39 is 30.0 Å². The molecule has 0 aliphatic carbocycles. The summed E-state index contributed by atoms with van der Waals surface area (Å²) < 4.78 is 0. The van der Waals surface area contributed by atoms with Crippen LogP contribution in [0.3, 0.4) is 0 Å². The Balaban J connectivity index is 2.37. The van der Waals surface area contributed by atoms with Crippen LogP contribution in [-0.2, 0) is 20.8 Å². The third-order valence-electron chi connectivity index (χ3n) is 6.07. The van der Waals surface area contributed by atoms with E-state index in [0.29, 0.717) is 6.42 Å². The van der Waals surface area contributed by atoms with Gasteiger partial charge in [-0.1, -0.05) is 12.1 Å². The van der Waals surface area contributed by atoms with Gasteiger partial charge in [0.25, 0.3) is 0 Å². The highest BCUT2D eigenvalue weighted by atomic mass is 16.4. The molecule has 0 spiro atoms. The Morgan fingerprint density at radius 1 is 0.750 bits per heavy atom. The molecule has 1 aromatic carbocycles. The lowest BCUT2D eigenvalue weighted by Gasteiger charge is -2.37. The van der Waals surface area contributed by atoms with Crippen LogP contribution in [0.4, 0.5) is 10.5 Å². The predicted molar refractivity (Wildman–Crippen MR) is 130 cm³/mol. The lowest BCUT2D eigenvalue weighted by molar-refractivity contribution is -0.140. The molecule has 1 amide bonds. The van der Waals surface area contributed by atoms with Crippen LogP contribution in [0.25, 0.3) is 0 Å². The van der Waals surface area contributed by atoms with Crippen LogP contribution in [0.15, 0.2) is 24.3 Å². The molecule has 1 atom stereocenters. The van der Waals surface area contributed by atoms with Crippen molar-refractivity contribution in [1.29, 1.82) is 0 Å². The largest absolute Gasteiger partial charge is 0.480 e. The Bertz CT molecular complexity index is 897. The predicted octanol–water partition coefficient (Wildman–Crippen LogP) is -0.207. The van der Waals surface area contributed by atoms with E-state index in [1.807, 2.05) is 24.3 Å². The SMILES string of the molecule is CNc1ccc(CC2CN(CC(=O)O)CCN(CC(=O)O)CCN(CC(=O)O)CCN2C(=O)O)cc1. The quantitative estimate of drug-likeness (QED) is 0.297. The van der Waals surface area contributed by atoms with Gasteiger partial charge in [0.05, 0.1) is 25.7 Å². The van der Waals surface area contributed by atoms with Crippen LogP contribution >= 0.6 is 0 Å². The zero-order chi connectivity index (χ0) is 26.7. The Hall–Kier alpha value is -3.42. The van der Waals surface area contributed by atoms with Crippen LogP contribution in [0.1, 0.15) is 5.56 Å². The molecule has 0 saturated carbocycles. The summed E-state index contributed by atoms with van der Waals surface area (Å²) in [6, 6.07) is 6.86. The monoisotopic (exact) mass is 509 g/mol. The zero-order valence-electron chi connectivity index (χ0n) is 20.4. The van der Waals surface area contributed by atoms with Crippen molar-refractivity contribution in [3.05, 3.63) is 29.8 Å². The highest BCUT2D eigenvalue weighted by Crippen LogP contribution is 2.16. The van der Waals surface area contributed by atoms with E-state index in [1.54, 1.807) is 21.7 Å². The number of rotatable bonds is 9. The van der Waals surface area contributed by atoms with Gasteiger partial charge in [-0.15, -0.1) is 0 Å². The minimum atomic E-state index is -1.18. The van der Waals surface area contributed by atoms with Crippen molar-refractivity contribution < 1.29 is 39.6 Å². The first-order valence-corrected chi connectivity index (χ1v) is 11.7. The summed E-state index contributed by atoms with van der Waals surface area (Å²) in [5.74, 6) is -3.18. The molecule has 2 rings (SSSR count). The molecule has 36 heavy (non-hydrogen) atoms. The first-order valence-electron chi connectivity index (χ1n) is 11.7. The number of hydrogen-bond donors (Lipinski definition) is 5. The molecule has 1 heterocycles. The molecule has 0 radical (unpaired) electrons. The Labute approximate surface area is 209 Å². The first-order chi connectivity index (χ1) is 17.1. The Morgan fingerprint density at radius 2 is 1.19 bits per heavy atom. The van der Waals surface area contributed by atoms with Gasteiger partial charge in [-0.2, -0.15) is 0 Å². The van der Waals surface area contributed by atoms with Crippen molar-refractivity contribution >= 4 is 29.7 Å². The molecule has 1 aromatic rings. The number of nitrogens with zero attached hydrogens (tertiary/aromatic N) is 4. The van der Waals surface area contributed by atoms with Crippen molar-refractivity contribution in [1.82, 2.24) is 19.6 Å². The second-order valence-corrected chi connectivity index (χ2v) is 8.75. The fraction of sp³-hybridized carbons (Fsp3) is 0.565. The second-order valence-electron chi connectivity index (χ2n) is 8.75. The summed E-state index contributed by atoms with van der Waals surface area (Å²) in [7, 11) is 1.79. The van der Waals surface area contributed by atoms with Gasteiger partial charge in [-0.3, -0.25) is 29.1 Å². The topological polar surface area (TPSA) is 174 Å². The maximum Gasteiger partial charge on any atom is 0.407 e. The van der Waals surface area contributed by atoms with E-state index in [0.717, 1.165) is 11.3 Å². The number of hydrogen-bond acceptors (Lipinski definition) is 8. The highest BCUT2D eigenvalue weighted by Gasteiger charge is 2.28. The van der Waals surface area contributed by atoms with Crippen molar-refractivity contribution in [3.8, 4) is 0 Å². The van der Waals surface area contributed by atoms with Gasteiger partial charge in [0.2, 0.25) is 0 Å². The standard InChI is InChI=1S/C23H35N5O8/c1-24-18-4-2-17(3-5-18)12-19-13-27(16-22(33)34)9-8-25(14-20(29)30)6-7-26(15-21(31)32)10-11-28(19)23(35)36/h2-5,19,24H,6-16H2,1H3,(H,29,30)(H,31,32)(H,33,34)(H,35,36). The van der Waals surface area contributed by atoms with Crippen LogP contribution in [0.2, 0.25) is 0 Å². The summed E-state index contributed by atoms with van der Waals surface area (Å²) >= 11 is 0. The average Bonchev–Trinajstić information content (AvgIpc) is 2.78. The van der Waals surface area contributed by atoms with Crippen molar-refractivity contribution in [2.45, 2.75) is 12.5 Å². The molecule has 1 unspecified atom stereocenters. The van der Waals surface area contributed by atoms with E-state index in [4.69, 9.17) is 0 Å². The molecule has 13 nitrogen and oxygen atoms in total. The third kappa shape index (κ3) is 10.1. The summed E-state index contributed by atoms with van der Waals surface area (Å²) in [6.45, 7) is 0.269. The molecule has 1 aliphatic heterocycles. The zero-order valence-corrected chi connectivity index (χ0v) is 20.4. The van der Waals surface area contributed by atoms with Crippen LogP contribution in [0.5, 0.6) is 0 Å². The number of carboxylic acids is 3. The Kier molecular flexibility index (Phi) is 11.4. The van der Waals surface area contributed by atoms with Gasteiger partial charge in [0, 0.05) is 58.5 Å². The van der Waals surface area contributed by atoms with Crippen molar-refractivity contribution in [3.63, 3.8) is 0 Å². The number of amides is 1. The summed E-state index contributed by atoms with van der Waals surface area (Å²) in [5.41, 5.74) is 1.75. The van der Waals surface area contributed by atoms with E-state index in [2.05, 4.69) is 5.32 Å². The number of anilines is 1. The lowest BCUT2D eigenvalue weighted by atomic mass is 10.0. The number of nitrogens with one attached hydrogen (secondary N) is 1. The summed E-state index contributed by atoms with van der Waals surface area (Å²) in [5, 5.41) is 41.1. The lowest BCUT2D eigenvalue weighted by Crippen LogP contribution is -2.53. The minimum absolute atomic E-state index is 0.0156. The van der Waals surface area contributed by atoms with E-state index in [1.165, 1.54) is 4.90 Å². The summed E-state index contributed by atoms with van der Waals surface area (Å²) in [4.78, 5) is 52.6. The number of benzene rings is 1. The van der Waals surface area contributed by atoms with Crippen LogP contribution in [0, 0.1) is 0 Å². The molecular weight excluding hydrogens is 474 g/mol. The number of aliphatic carboxylic acids is 3. The molecule has 200 valence electrons. The van der Waals surface area contributed by atoms with Crippen LogP contribution in [-0.4, -0.2) is 143 Å². The first kappa shape index (κ1) is 28.8. The molecule has 1 saturated heterocycles. The van der Waals surface area contributed by atoms with E-state index >= 15 is 0 Å². The van der Waals surface area contributed by atoms with Gasteiger partial charge < -0.3 is 30.6 Å².